The third-order valence-electron chi connectivity index (χ3n) is 22.4. The number of carbonyl (C=O) groups is 8. The maximum atomic E-state index is 13.5. The van der Waals surface area contributed by atoms with Crippen molar-refractivity contribution in [2.45, 2.75) is 90.9 Å². The number of para-hydroxylation sites is 3. The molecule has 9 N–H and O–H groups in total. The summed E-state index contributed by atoms with van der Waals surface area (Å²) in [5, 5.41) is 10.8. The predicted molar refractivity (Wildman–Crippen MR) is 484 cm³/mol. The zero-order chi connectivity index (χ0) is 89.9. The summed E-state index contributed by atoms with van der Waals surface area (Å²) in [6, 6.07) is 70.9. The summed E-state index contributed by atoms with van der Waals surface area (Å²) < 4.78 is 48.9. The van der Waals surface area contributed by atoms with E-state index in [0.717, 1.165) is 72.9 Å². The summed E-state index contributed by atoms with van der Waals surface area (Å²) >= 11 is 12.3. The van der Waals surface area contributed by atoms with Crippen LogP contribution in [0.2, 0.25) is 10.0 Å². The van der Waals surface area contributed by atoms with Crippen molar-refractivity contribution in [3.05, 3.63) is 336 Å². The highest BCUT2D eigenvalue weighted by atomic mass is 35.5. The summed E-state index contributed by atoms with van der Waals surface area (Å²) in [6.07, 6.45) is 1.27. The molecule has 0 spiro atoms. The summed E-state index contributed by atoms with van der Waals surface area (Å²) in [5.74, 6) is 3.13. The van der Waals surface area contributed by atoms with Crippen LogP contribution in [0.5, 0.6) is 63.2 Å². The molecule has 8 amide bonds. The lowest BCUT2D eigenvalue weighted by Crippen LogP contribution is -2.24. The zero-order valence-corrected chi connectivity index (χ0v) is 72.0. The van der Waals surface area contributed by atoms with Crippen molar-refractivity contribution in [1.82, 2.24) is 0 Å². The third kappa shape index (κ3) is 21.0. The van der Waals surface area contributed by atoms with E-state index < -0.39 is 29.4 Å². The Kier molecular flexibility index (Phi) is 27.9. The molecule has 4 saturated heterocycles. The molecule has 0 aromatic heterocycles. The van der Waals surface area contributed by atoms with E-state index in [0.29, 0.717) is 136 Å². The number of hydrogen-bond acceptors (Lipinski definition) is 15. The van der Waals surface area contributed by atoms with Crippen LogP contribution in [0.4, 0.5) is 27.1 Å². The molecule has 12 aromatic rings. The van der Waals surface area contributed by atoms with Gasteiger partial charge in [-0.15, -0.1) is 0 Å². The number of carbonyl (C=O) groups excluding carboxylic acids is 8. The lowest BCUT2D eigenvalue weighted by atomic mass is 9.97. The lowest BCUT2D eigenvalue weighted by molar-refractivity contribution is -0.118. The minimum Gasteiger partial charge on any atom is -0.508 e. The number of phenolic OH excluding ortho intramolecular Hbond substituents is 1. The van der Waals surface area contributed by atoms with Gasteiger partial charge in [0.2, 0.25) is 47.3 Å². The van der Waals surface area contributed by atoms with Crippen LogP contribution in [0, 0.1) is 47.4 Å². The molecule has 4 atom stereocenters. The molecule has 2 unspecified atom stereocenters. The second-order valence-electron chi connectivity index (χ2n) is 31.2. The van der Waals surface area contributed by atoms with Crippen LogP contribution in [0.1, 0.15) is 146 Å². The molecule has 0 radical (unpaired) electrons. The standard InChI is InChI=1S/C26H26N2O4.C25H23ClN2O3.C25H24N2O4.C24H20ClFN2O4/c1-16-6-4-7-17(2)25(16)32-23-14-21(31-3)10-11-22(23)19-13-24(29)28(15-19)20-9-5-8-18(12-20)26(27)30;1-15-5-3-6-16(2)24(15)31-22-12-17(9-10-21(22)26)19-13-23(29)28(14-19)20-8-4-7-18(11-20)25(27)30;1-15-5-3-6-16(2)24(15)31-22-11-18(10-21(28)13-22)19-12-23(29)27(14-19)20-8-4-7-17(9-20)25(26)30;1-31-17-5-7-19(22(12-17)32-18-6-8-21(26)20(25)11-18)15-10-23(29)28(13-15)16-4-2-3-14(9-16)24(27)30/h4-12,14,19H,13,15H2,1-3H3,(H2,27,30);3-12,19H,13-14H2,1-2H3,(H2,27,30);3-11,13,19,28H,12,14H2,1-2H3,(H2,26,30);2-9,11-12,15H,10,13H2,1H3,(H2,27,30)/t;2*19-;/m.00./s1. The maximum absolute atomic E-state index is 13.5. The van der Waals surface area contributed by atoms with Crippen LogP contribution in [0.25, 0.3) is 0 Å². The first-order valence-electron chi connectivity index (χ1n) is 40.5. The van der Waals surface area contributed by atoms with Crippen molar-refractivity contribution < 1.29 is 76.3 Å². The molecule has 0 saturated carbocycles. The minimum absolute atomic E-state index is 0.00112. The first-order valence-corrected chi connectivity index (χ1v) is 41.3. The summed E-state index contributed by atoms with van der Waals surface area (Å²) in [6.45, 7) is 13.8. The van der Waals surface area contributed by atoms with Crippen molar-refractivity contribution in [1.29, 1.82) is 0 Å². The number of phenols is 1. The average molecular weight is 1740 g/mol. The van der Waals surface area contributed by atoms with Gasteiger partial charge in [-0.1, -0.05) is 120 Å². The number of rotatable bonds is 22. The van der Waals surface area contributed by atoms with E-state index in [-0.39, 0.29) is 64.5 Å². The van der Waals surface area contributed by atoms with Crippen molar-refractivity contribution in [3.63, 3.8) is 0 Å². The highest BCUT2D eigenvalue weighted by molar-refractivity contribution is 6.32. The molecule has 23 nitrogen and oxygen atoms in total. The molecule has 644 valence electrons. The highest BCUT2D eigenvalue weighted by Gasteiger charge is 2.38. The monoisotopic (exact) mass is 1730 g/mol. The highest BCUT2D eigenvalue weighted by Crippen LogP contribution is 2.46. The van der Waals surface area contributed by atoms with Crippen LogP contribution in [-0.4, -0.2) is 92.8 Å². The molecule has 0 aliphatic carbocycles. The number of methoxy groups -OCH3 is 2. The quantitative estimate of drug-likeness (QED) is 0.0421. The molecular weight excluding hydrogens is 1640 g/mol. The van der Waals surface area contributed by atoms with E-state index in [9.17, 15) is 47.9 Å². The maximum Gasteiger partial charge on any atom is 0.248 e. The fraction of sp³-hybridized carbons (Fsp3) is 0.200. The number of benzene rings is 12. The Bertz CT molecular complexity index is 6160. The largest absolute Gasteiger partial charge is 0.508 e. The molecule has 16 rings (SSSR count). The number of halogens is 3. The second-order valence-corrected chi connectivity index (χ2v) is 32.0. The Hall–Kier alpha value is -14.5. The number of amides is 8. The van der Waals surface area contributed by atoms with E-state index in [2.05, 4.69) is 0 Å². The Morgan fingerprint density at radius 1 is 0.341 bits per heavy atom. The van der Waals surface area contributed by atoms with E-state index in [1.807, 2.05) is 151 Å². The summed E-state index contributed by atoms with van der Waals surface area (Å²) in [7, 11) is 3.16. The van der Waals surface area contributed by atoms with Crippen LogP contribution >= 0.6 is 23.2 Å². The Labute approximate surface area is 738 Å². The number of aryl methyl sites for hydroxylation is 6. The predicted octanol–water partition coefficient (Wildman–Crippen LogP) is 19.4. The van der Waals surface area contributed by atoms with Gasteiger partial charge in [-0.3, -0.25) is 38.4 Å². The van der Waals surface area contributed by atoms with Gasteiger partial charge >= 0.3 is 0 Å². The zero-order valence-electron chi connectivity index (χ0n) is 70.5. The number of anilines is 4. The van der Waals surface area contributed by atoms with Crippen molar-refractivity contribution in [2.75, 3.05) is 60.0 Å². The number of nitrogens with zero attached hydrogens (tertiary/aromatic N) is 4. The third-order valence-corrected chi connectivity index (χ3v) is 23.0. The van der Waals surface area contributed by atoms with Crippen LogP contribution in [0.15, 0.2) is 243 Å². The van der Waals surface area contributed by atoms with E-state index in [1.54, 1.807) is 149 Å². The number of nitrogens with two attached hydrogens (primary N) is 4. The summed E-state index contributed by atoms with van der Waals surface area (Å²) in [5.41, 5.74) is 35.2. The van der Waals surface area contributed by atoms with E-state index in [4.69, 9.17) is 74.6 Å². The first kappa shape index (κ1) is 89.3. The second kappa shape index (κ2) is 39.4. The van der Waals surface area contributed by atoms with Crippen LogP contribution in [0.3, 0.4) is 0 Å². The molecular formula is C100H93Cl2FN8O15. The summed E-state index contributed by atoms with van der Waals surface area (Å²) in [4.78, 5) is 104. The molecule has 4 aliphatic rings. The Morgan fingerprint density at radius 3 is 1.06 bits per heavy atom. The van der Waals surface area contributed by atoms with Gasteiger partial charge in [0.1, 0.15) is 69.1 Å². The lowest BCUT2D eigenvalue weighted by Gasteiger charge is -2.20. The van der Waals surface area contributed by atoms with Gasteiger partial charge < -0.3 is 76.1 Å². The van der Waals surface area contributed by atoms with Crippen molar-refractivity contribution in [3.8, 4) is 63.2 Å². The van der Waals surface area contributed by atoms with Crippen LogP contribution < -0.4 is 71.0 Å². The minimum atomic E-state index is -0.557. The number of hydrogen-bond donors (Lipinski definition) is 5. The molecule has 126 heavy (non-hydrogen) atoms. The molecule has 0 bridgehead atoms. The normalized spacial score (nSPS) is 15.8. The molecule has 4 aliphatic heterocycles. The Morgan fingerprint density at radius 2 is 0.683 bits per heavy atom. The SMILES string of the molecule is COc1ccc(C2CC(=O)N(c3cccc(C(N)=O)c3)C2)c(Oc2c(C)cccc2C)c1.COc1ccc(C2CC(=O)N(c3cccc(C(N)=O)c3)C2)c(Oc2ccc(F)c(Cl)c2)c1.Cc1cccc(C)c1Oc1cc(O)cc([C@H]2CC(=O)N(c3cccc(C(N)=O)c3)C2)c1.Cc1cccc(C)c1Oc1cc([C@H]2CC(=O)N(c3cccc(C(N)=O)c3)C2)ccc1Cl. The number of aromatic hydroxyl groups is 1. The first-order chi connectivity index (χ1) is 60.4. The fourth-order valence-corrected chi connectivity index (χ4v) is 16.1. The van der Waals surface area contributed by atoms with Crippen molar-refractivity contribution in [2.24, 2.45) is 22.9 Å². The average Bonchev–Trinajstić information content (AvgIpc) is 1.72. The number of ether oxygens (including phenoxy) is 6. The number of primary amides is 4. The van der Waals surface area contributed by atoms with Gasteiger partial charge in [0.15, 0.2) is 0 Å². The molecule has 4 fully saturated rings. The van der Waals surface area contributed by atoms with Crippen molar-refractivity contribution >= 4 is 93.2 Å². The fourth-order valence-electron chi connectivity index (χ4n) is 15.8. The van der Waals surface area contributed by atoms with E-state index in [1.165, 1.54) is 18.2 Å². The molecule has 12 aromatic carbocycles. The molecule has 4 heterocycles. The van der Waals surface area contributed by atoms with Gasteiger partial charge in [0, 0.05) is 156 Å². The van der Waals surface area contributed by atoms with Gasteiger partial charge in [0.05, 0.1) is 24.3 Å². The topological polar surface area (TPSA) is 329 Å². The van der Waals surface area contributed by atoms with Crippen LogP contribution in [-0.2, 0) is 19.2 Å². The van der Waals surface area contributed by atoms with Gasteiger partial charge in [0.25, 0.3) is 0 Å². The van der Waals surface area contributed by atoms with Gasteiger partial charge in [-0.2, -0.15) is 0 Å². The smallest absolute Gasteiger partial charge is 0.248 e. The van der Waals surface area contributed by atoms with Gasteiger partial charge in [-0.05, 0) is 207 Å². The molecule has 26 heteroatoms. The van der Waals surface area contributed by atoms with Gasteiger partial charge in [-0.25, -0.2) is 4.39 Å². The Balaban J connectivity index is 0.000000144. The van der Waals surface area contributed by atoms with E-state index >= 15 is 0 Å².